The number of pyridine rings is 1. The molecule has 26 heavy (non-hydrogen) atoms. The molecule has 0 spiro atoms. The van der Waals surface area contributed by atoms with Gasteiger partial charge in [-0.2, -0.15) is 0 Å². The molecular formula is C19H22N6O. The number of H-pyrrole nitrogens is 1. The monoisotopic (exact) mass is 350 g/mol. The third-order valence-electron chi connectivity index (χ3n) is 4.78. The molecule has 7 heteroatoms. The van der Waals surface area contributed by atoms with Gasteiger partial charge in [-0.15, -0.1) is 0 Å². The van der Waals surface area contributed by atoms with Crippen LogP contribution in [0.1, 0.15) is 35.8 Å². The fourth-order valence-corrected chi connectivity index (χ4v) is 3.53. The normalized spacial score (nSPS) is 17.4. The highest BCUT2D eigenvalue weighted by Gasteiger charge is 2.23. The van der Waals surface area contributed by atoms with Crippen LogP contribution in [-0.2, 0) is 6.54 Å². The fraction of sp³-hybridized carbons (Fsp3) is 0.368. The van der Waals surface area contributed by atoms with E-state index in [1.807, 2.05) is 23.9 Å². The smallest absolute Gasteiger partial charge is 0.251 e. The number of rotatable bonds is 4. The highest BCUT2D eigenvalue weighted by molar-refractivity contribution is 5.40. The lowest BCUT2D eigenvalue weighted by Gasteiger charge is -2.33. The van der Waals surface area contributed by atoms with Crippen molar-refractivity contribution in [2.45, 2.75) is 32.2 Å². The van der Waals surface area contributed by atoms with Gasteiger partial charge in [-0.25, -0.2) is 15.0 Å². The highest BCUT2D eigenvalue weighted by Crippen LogP contribution is 2.27. The van der Waals surface area contributed by atoms with E-state index in [4.69, 9.17) is 0 Å². The summed E-state index contributed by atoms with van der Waals surface area (Å²) >= 11 is 0. The summed E-state index contributed by atoms with van der Waals surface area (Å²) in [5.41, 5.74) is 1.95. The van der Waals surface area contributed by atoms with Crippen LogP contribution >= 0.6 is 0 Å². The van der Waals surface area contributed by atoms with E-state index in [0.717, 1.165) is 49.6 Å². The van der Waals surface area contributed by atoms with E-state index in [9.17, 15) is 4.79 Å². The van der Waals surface area contributed by atoms with E-state index in [0.29, 0.717) is 5.82 Å². The van der Waals surface area contributed by atoms with Gasteiger partial charge in [0, 0.05) is 50.2 Å². The van der Waals surface area contributed by atoms with E-state index in [-0.39, 0.29) is 11.5 Å². The summed E-state index contributed by atoms with van der Waals surface area (Å²) in [6.07, 6.45) is 9.57. The summed E-state index contributed by atoms with van der Waals surface area (Å²) in [5, 5.41) is 0. The van der Waals surface area contributed by atoms with E-state index in [1.54, 1.807) is 18.6 Å². The van der Waals surface area contributed by atoms with Gasteiger partial charge >= 0.3 is 0 Å². The molecule has 0 aromatic carbocycles. The molecule has 0 saturated carbocycles. The van der Waals surface area contributed by atoms with E-state index in [1.165, 1.54) is 0 Å². The molecule has 0 unspecified atom stereocenters. The quantitative estimate of drug-likeness (QED) is 0.779. The van der Waals surface area contributed by atoms with Gasteiger partial charge < -0.3 is 14.5 Å². The van der Waals surface area contributed by atoms with Gasteiger partial charge in [-0.05, 0) is 31.4 Å². The molecule has 4 rings (SSSR count). The second kappa shape index (κ2) is 7.11. The fourth-order valence-electron chi connectivity index (χ4n) is 3.53. The number of hydrogen-bond donors (Lipinski definition) is 1. The average molecular weight is 350 g/mol. The Labute approximate surface area is 151 Å². The molecular weight excluding hydrogens is 328 g/mol. The van der Waals surface area contributed by atoms with Gasteiger partial charge in [-0.3, -0.25) is 4.79 Å². The van der Waals surface area contributed by atoms with E-state index in [2.05, 4.69) is 37.0 Å². The van der Waals surface area contributed by atoms with Crippen LogP contribution in [0, 0.1) is 6.92 Å². The van der Waals surface area contributed by atoms with Crippen LogP contribution < -0.4 is 10.5 Å². The van der Waals surface area contributed by atoms with Crippen molar-refractivity contribution in [1.29, 1.82) is 0 Å². The number of nitrogens with zero attached hydrogens (tertiary/aromatic N) is 5. The number of hydrogen-bond acceptors (Lipinski definition) is 5. The molecule has 1 N–H and O–H groups in total. The van der Waals surface area contributed by atoms with Gasteiger partial charge in [0.15, 0.2) is 0 Å². The number of anilines is 1. The summed E-state index contributed by atoms with van der Waals surface area (Å²) in [4.78, 5) is 30.0. The maximum absolute atomic E-state index is 11.7. The molecule has 1 atom stereocenters. The minimum absolute atomic E-state index is 0.0772. The number of imidazole rings is 1. The van der Waals surface area contributed by atoms with Crippen molar-refractivity contribution in [3.05, 3.63) is 70.6 Å². The Morgan fingerprint density at radius 2 is 2.27 bits per heavy atom. The number of aromatic nitrogens is 5. The zero-order valence-corrected chi connectivity index (χ0v) is 14.8. The predicted molar refractivity (Wildman–Crippen MR) is 99.3 cm³/mol. The Balaban J connectivity index is 1.48. The molecule has 1 aliphatic heterocycles. The molecule has 0 aliphatic carbocycles. The zero-order chi connectivity index (χ0) is 17.9. The predicted octanol–water partition coefficient (Wildman–Crippen LogP) is 2.10. The Morgan fingerprint density at radius 3 is 3.00 bits per heavy atom. The van der Waals surface area contributed by atoms with Crippen LogP contribution in [0.2, 0.25) is 0 Å². The Bertz CT molecular complexity index is 916. The zero-order valence-electron chi connectivity index (χ0n) is 14.8. The molecule has 0 bridgehead atoms. The lowest BCUT2D eigenvalue weighted by molar-refractivity contribution is 0.496. The van der Waals surface area contributed by atoms with Crippen molar-refractivity contribution in [3.8, 4) is 0 Å². The van der Waals surface area contributed by atoms with Gasteiger partial charge in [0.05, 0.1) is 12.0 Å². The van der Waals surface area contributed by atoms with Gasteiger partial charge in [0.2, 0.25) is 0 Å². The highest BCUT2D eigenvalue weighted by atomic mass is 16.1. The lowest BCUT2D eigenvalue weighted by Crippen LogP contribution is -2.35. The summed E-state index contributed by atoms with van der Waals surface area (Å²) in [6.45, 7) is 4.41. The Morgan fingerprint density at radius 1 is 1.35 bits per heavy atom. The third kappa shape index (κ3) is 3.66. The molecule has 3 aromatic rings. The van der Waals surface area contributed by atoms with Crippen molar-refractivity contribution >= 4 is 5.82 Å². The largest absolute Gasteiger partial charge is 0.356 e. The van der Waals surface area contributed by atoms with Crippen LogP contribution in [0.3, 0.4) is 0 Å². The maximum atomic E-state index is 11.7. The molecule has 3 aromatic heterocycles. The van der Waals surface area contributed by atoms with Gasteiger partial charge in [-0.1, -0.05) is 6.07 Å². The first kappa shape index (κ1) is 16.5. The average Bonchev–Trinajstić information content (AvgIpc) is 3.15. The number of aromatic amines is 1. The van der Waals surface area contributed by atoms with Crippen molar-refractivity contribution in [2.24, 2.45) is 0 Å². The molecule has 1 fully saturated rings. The summed E-state index contributed by atoms with van der Waals surface area (Å²) in [7, 11) is 0. The minimum Gasteiger partial charge on any atom is -0.356 e. The minimum atomic E-state index is -0.0772. The first-order chi connectivity index (χ1) is 12.7. The second-order valence-electron chi connectivity index (χ2n) is 6.80. The van der Waals surface area contributed by atoms with Crippen molar-refractivity contribution in [1.82, 2.24) is 24.5 Å². The van der Waals surface area contributed by atoms with Crippen LogP contribution in [0.15, 0.2) is 47.9 Å². The first-order valence-corrected chi connectivity index (χ1v) is 8.91. The molecule has 4 heterocycles. The van der Waals surface area contributed by atoms with E-state index >= 15 is 0 Å². The lowest BCUT2D eigenvalue weighted by atomic mass is 9.94. The van der Waals surface area contributed by atoms with Gasteiger partial charge in [0.25, 0.3) is 5.56 Å². The van der Waals surface area contributed by atoms with Crippen LogP contribution in [-0.4, -0.2) is 37.6 Å². The van der Waals surface area contributed by atoms with Crippen molar-refractivity contribution < 1.29 is 0 Å². The summed E-state index contributed by atoms with van der Waals surface area (Å²) < 4.78 is 2.02. The van der Waals surface area contributed by atoms with Crippen LogP contribution in [0.5, 0.6) is 0 Å². The first-order valence-electron chi connectivity index (χ1n) is 8.91. The Kier molecular flexibility index (Phi) is 4.51. The Hall–Kier alpha value is -2.96. The van der Waals surface area contributed by atoms with Crippen LogP contribution in [0.4, 0.5) is 5.82 Å². The van der Waals surface area contributed by atoms with Crippen molar-refractivity contribution in [2.75, 3.05) is 18.0 Å². The standard InChI is InChI=1S/C19H22N6O/c1-14-22-17(9-19(26)23-14)16-3-2-7-25(12-16)18-5-4-15(10-21-18)11-24-8-6-20-13-24/h4-6,8-10,13,16H,2-3,7,11-12H2,1H3,(H,22,23,26)/t16-/m1/s1. The van der Waals surface area contributed by atoms with Crippen molar-refractivity contribution in [3.63, 3.8) is 0 Å². The number of piperidine rings is 1. The number of nitrogens with one attached hydrogen (secondary N) is 1. The summed E-state index contributed by atoms with van der Waals surface area (Å²) in [5.74, 6) is 1.91. The molecule has 0 amide bonds. The molecule has 134 valence electrons. The molecule has 7 nitrogen and oxygen atoms in total. The maximum Gasteiger partial charge on any atom is 0.251 e. The SMILES string of the molecule is Cc1nc([C@@H]2CCCN(c3ccc(Cn4ccnc4)cn3)C2)cc(=O)[nH]1. The molecule has 1 aliphatic rings. The number of aryl methyl sites for hydroxylation is 1. The summed E-state index contributed by atoms with van der Waals surface area (Å²) in [6, 6.07) is 5.81. The second-order valence-corrected chi connectivity index (χ2v) is 6.80. The third-order valence-corrected chi connectivity index (χ3v) is 4.78. The van der Waals surface area contributed by atoms with Crippen LogP contribution in [0.25, 0.3) is 0 Å². The molecule has 0 radical (unpaired) electrons. The van der Waals surface area contributed by atoms with Gasteiger partial charge in [0.1, 0.15) is 11.6 Å². The van der Waals surface area contributed by atoms with E-state index < -0.39 is 0 Å². The topological polar surface area (TPSA) is 79.7 Å². The molecule has 1 saturated heterocycles.